The van der Waals surface area contributed by atoms with Gasteiger partial charge >= 0.3 is 0 Å². The minimum atomic E-state index is -0.664. The van der Waals surface area contributed by atoms with E-state index in [1.165, 1.54) is 0 Å². The second-order valence-corrected chi connectivity index (χ2v) is 5.82. The lowest BCUT2D eigenvalue weighted by atomic mass is 10.1. The van der Waals surface area contributed by atoms with E-state index in [0.29, 0.717) is 22.9 Å². The van der Waals surface area contributed by atoms with Crippen molar-refractivity contribution in [2.75, 3.05) is 19.5 Å². The van der Waals surface area contributed by atoms with Gasteiger partial charge in [0.1, 0.15) is 17.2 Å². The fourth-order valence-electron chi connectivity index (χ4n) is 2.63. The van der Waals surface area contributed by atoms with Gasteiger partial charge in [-0.2, -0.15) is 0 Å². The molecular weight excluding hydrogens is 330 g/mol. The third-order valence-electron chi connectivity index (χ3n) is 4.07. The number of hydrogen-bond donors (Lipinski definition) is 1. The maximum atomic E-state index is 12.5. The lowest BCUT2D eigenvalue weighted by molar-refractivity contribution is -0.122. The SMILES string of the molecule is COc1ccc(NC(=O)[C@H](C)Oc2ccc3ccccc3c2)c(OC)c1. The van der Waals surface area contributed by atoms with Crippen molar-refractivity contribution in [3.63, 3.8) is 0 Å². The summed E-state index contributed by atoms with van der Waals surface area (Å²) in [7, 11) is 3.12. The topological polar surface area (TPSA) is 56.8 Å². The third-order valence-corrected chi connectivity index (χ3v) is 4.07. The predicted molar refractivity (Wildman–Crippen MR) is 102 cm³/mol. The number of amides is 1. The summed E-state index contributed by atoms with van der Waals surface area (Å²) in [5.74, 6) is 1.56. The van der Waals surface area contributed by atoms with Crippen molar-refractivity contribution in [1.29, 1.82) is 0 Å². The number of anilines is 1. The van der Waals surface area contributed by atoms with Crippen molar-refractivity contribution in [3.05, 3.63) is 60.7 Å². The van der Waals surface area contributed by atoms with Gasteiger partial charge in [-0.05, 0) is 42.0 Å². The van der Waals surface area contributed by atoms with E-state index in [-0.39, 0.29) is 5.91 Å². The molecule has 0 aliphatic heterocycles. The first-order valence-electron chi connectivity index (χ1n) is 8.29. The quantitative estimate of drug-likeness (QED) is 0.721. The Balaban J connectivity index is 1.71. The minimum Gasteiger partial charge on any atom is -0.497 e. The van der Waals surface area contributed by atoms with Gasteiger partial charge in [-0.1, -0.05) is 30.3 Å². The van der Waals surface area contributed by atoms with E-state index in [9.17, 15) is 4.79 Å². The number of rotatable bonds is 6. The highest BCUT2D eigenvalue weighted by Crippen LogP contribution is 2.29. The molecule has 0 saturated heterocycles. The average molecular weight is 351 g/mol. The summed E-state index contributed by atoms with van der Waals surface area (Å²) in [5, 5.41) is 5.01. The second kappa shape index (κ2) is 7.78. The third kappa shape index (κ3) is 3.88. The van der Waals surface area contributed by atoms with Crippen LogP contribution in [0.1, 0.15) is 6.92 Å². The second-order valence-electron chi connectivity index (χ2n) is 5.82. The molecule has 0 spiro atoms. The van der Waals surface area contributed by atoms with Crippen molar-refractivity contribution in [2.45, 2.75) is 13.0 Å². The highest BCUT2D eigenvalue weighted by molar-refractivity contribution is 5.95. The van der Waals surface area contributed by atoms with Crippen molar-refractivity contribution >= 4 is 22.4 Å². The Bertz CT molecular complexity index is 923. The summed E-state index contributed by atoms with van der Waals surface area (Å²) in [6, 6.07) is 19.0. The van der Waals surface area contributed by atoms with Gasteiger partial charge in [0.25, 0.3) is 5.91 Å². The molecule has 1 atom stereocenters. The zero-order chi connectivity index (χ0) is 18.5. The van der Waals surface area contributed by atoms with E-state index in [1.54, 1.807) is 39.3 Å². The number of hydrogen-bond acceptors (Lipinski definition) is 4. The number of methoxy groups -OCH3 is 2. The lowest BCUT2D eigenvalue weighted by Crippen LogP contribution is -2.30. The van der Waals surface area contributed by atoms with Crippen LogP contribution in [-0.4, -0.2) is 26.2 Å². The van der Waals surface area contributed by atoms with E-state index in [2.05, 4.69) is 5.32 Å². The molecule has 26 heavy (non-hydrogen) atoms. The molecule has 0 radical (unpaired) electrons. The number of ether oxygens (including phenoxy) is 3. The van der Waals surface area contributed by atoms with Gasteiger partial charge in [0.15, 0.2) is 6.10 Å². The minimum absolute atomic E-state index is 0.262. The van der Waals surface area contributed by atoms with E-state index in [0.717, 1.165) is 10.8 Å². The van der Waals surface area contributed by atoms with Crippen LogP contribution >= 0.6 is 0 Å². The van der Waals surface area contributed by atoms with Gasteiger partial charge < -0.3 is 19.5 Å². The molecule has 3 aromatic rings. The summed E-state index contributed by atoms with van der Waals surface area (Å²) in [6.07, 6.45) is -0.664. The van der Waals surface area contributed by atoms with Crippen molar-refractivity contribution in [3.8, 4) is 17.2 Å². The molecule has 3 aromatic carbocycles. The monoisotopic (exact) mass is 351 g/mol. The fourth-order valence-corrected chi connectivity index (χ4v) is 2.63. The first-order chi connectivity index (χ1) is 12.6. The van der Waals surface area contributed by atoms with Gasteiger partial charge in [0.2, 0.25) is 0 Å². The Hall–Kier alpha value is -3.21. The molecule has 3 rings (SSSR count). The zero-order valence-corrected chi connectivity index (χ0v) is 15.0. The Labute approximate surface area is 152 Å². The van der Waals surface area contributed by atoms with Crippen LogP contribution in [0, 0.1) is 0 Å². The van der Waals surface area contributed by atoms with E-state index in [1.807, 2.05) is 42.5 Å². The number of nitrogens with one attached hydrogen (secondary N) is 1. The van der Waals surface area contributed by atoms with E-state index >= 15 is 0 Å². The zero-order valence-electron chi connectivity index (χ0n) is 15.0. The predicted octanol–water partition coefficient (Wildman–Crippen LogP) is 4.26. The summed E-state index contributed by atoms with van der Waals surface area (Å²) in [5.41, 5.74) is 0.562. The largest absolute Gasteiger partial charge is 0.497 e. The first-order valence-corrected chi connectivity index (χ1v) is 8.29. The van der Waals surface area contributed by atoms with Gasteiger partial charge in [-0.15, -0.1) is 0 Å². The van der Waals surface area contributed by atoms with Gasteiger partial charge in [-0.3, -0.25) is 4.79 Å². The van der Waals surface area contributed by atoms with Crippen LogP contribution in [0.15, 0.2) is 60.7 Å². The molecule has 0 saturated carbocycles. The number of carbonyl (C=O) groups is 1. The molecular formula is C21H21NO4. The van der Waals surface area contributed by atoms with Crippen LogP contribution in [-0.2, 0) is 4.79 Å². The van der Waals surface area contributed by atoms with Crippen LogP contribution in [0.4, 0.5) is 5.69 Å². The van der Waals surface area contributed by atoms with Gasteiger partial charge in [0.05, 0.1) is 19.9 Å². The highest BCUT2D eigenvalue weighted by Gasteiger charge is 2.17. The maximum Gasteiger partial charge on any atom is 0.265 e. The van der Waals surface area contributed by atoms with Crippen molar-refractivity contribution in [1.82, 2.24) is 0 Å². The number of carbonyl (C=O) groups excluding carboxylic acids is 1. The van der Waals surface area contributed by atoms with Crippen molar-refractivity contribution in [2.24, 2.45) is 0 Å². The van der Waals surface area contributed by atoms with E-state index in [4.69, 9.17) is 14.2 Å². The first kappa shape index (κ1) is 17.6. The van der Waals surface area contributed by atoms with Gasteiger partial charge in [-0.25, -0.2) is 0 Å². The molecule has 0 unspecified atom stereocenters. The van der Waals surface area contributed by atoms with E-state index < -0.39 is 6.10 Å². The summed E-state index contributed by atoms with van der Waals surface area (Å²) in [6.45, 7) is 1.71. The Morgan fingerprint density at radius 2 is 1.62 bits per heavy atom. The lowest BCUT2D eigenvalue weighted by Gasteiger charge is -2.17. The Kier molecular flexibility index (Phi) is 5.27. The molecule has 0 aromatic heterocycles. The van der Waals surface area contributed by atoms with Crippen LogP contribution < -0.4 is 19.5 Å². The molecule has 1 amide bonds. The smallest absolute Gasteiger partial charge is 0.265 e. The fraction of sp³-hybridized carbons (Fsp3) is 0.190. The maximum absolute atomic E-state index is 12.5. The normalized spacial score (nSPS) is 11.7. The standard InChI is InChI=1S/C21H21NO4/c1-14(26-18-9-8-15-6-4-5-7-16(15)12-18)21(23)22-19-11-10-17(24-2)13-20(19)25-3/h4-14H,1-3H3,(H,22,23)/t14-/m0/s1. The van der Waals surface area contributed by atoms with Crippen LogP contribution in [0.2, 0.25) is 0 Å². The molecule has 0 heterocycles. The summed E-state index contributed by atoms with van der Waals surface area (Å²) < 4.78 is 16.3. The molecule has 5 nitrogen and oxygen atoms in total. The van der Waals surface area contributed by atoms with Crippen molar-refractivity contribution < 1.29 is 19.0 Å². The molecule has 5 heteroatoms. The molecule has 0 aliphatic carbocycles. The van der Waals surface area contributed by atoms with Gasteiger partial charge in [0, 0.05) is 6.07 Å². The number of fused-ring (bicyclic) bond motifs is 1. The average Bonchev–Trinajstić information content (AvgIpc) is 2.68. The molecule has 0 fully saturated rings. The van der Waals surface area contributed by atoms with Crippen LogP contribution in [0.25, 0.3) is 10.8 Å². The van der Waals surface area contributed by atoms with Crippen LogP contribution in [0.5, 0.6) is 17.2 Å². The Morgan fingerprint density at radius 3 is 2.35 bits per heavy atom. The molecule has 0 bridgehead atoms. The summed E-state index contributed by atoms with van der Waals surface area (Å²) >= 11 is 0. The van der Waals surface area contributed by atoms with Crippen LogP contribution in [0.3, 0.4) is 0 Å². The Morgan fingerprint density at radius 1 is 0.885 bits per heavy atom. The number of benzene rings is 3. The molecule has 1 N–H and O–H groups in total. The molecule has 134 valence electrons. The summed E-state index contributed by atoms with van der Waals surface area (Å²) in [4.78, 5) is 12.5. The highest BCUT2D eigenvalue weighted by atomic mass is 16.5. The molecule has 0 aliphatic rings.